The molecule has 0 aromatic carbocycles. The molecule has 2 rings (SSSR count). The van der Waals surface area contributed by atoms with Crippen molar-refractivity contribution in [2.24, 2.45) is 7.05 Å². The molecule has 0 aliphatic rings. The first kappa shape index (κ1) is 14.4. The Morgan fingerprint density at radius 2 is 2.20 bits per heavy atom. The summed E-state index contributed by atoms with van der Waals surface area (Å²) in [5, 5.41) is 15.6. The number of aromatic nitrogens is 5. The zero-order chi connectivity index (χ0) is 14.4. The van der Waals surface area contributed by atoms with Gasteiger partial charge in [-0.15, -0.1) is 10.2 Å². The fraction of sp³-hybridized carbons (Fsp3) is 0.538. The number of rotatable bonds is 7. The highest BCUT2D eigenvalue weighted by Gasteiger charge is 2.13. The SMILES string of the molecule is CCNC(Cc1ccc(OC)nc1)Cc1nnn(C)n1. The Kier molecular flexibility index (Phi) is 5.00. The zero-order valence-electron chi connectivity index (χ0n) is 12.1. The molecule has 0 fully saturated rings. The van der Waals surface area contributed by atoms with Gasteiger partial charge in [-0.25, -0.2) is 4.98 Å². The Labute approximate surface area is 118 Å². The Balaban J connectivity index is 2.00. The standard InChI is InChI=1S/C13H20N6O/c1-4-14-11(8-12-16-18-19(2)17-12)7-10-5-6-13(20-3)15-9-10/h5-6,9,11,14H,4,7-8H2,1-3H3. The number of nitrogens with one attached hydrogen (secondary N) is 1. The second kappa shape index (κ2) is 6.95. The number of aryl methyl sites for hydroxylation is 1. The van der Waals surface area contributed by atoms with Gasteiger partial charge in [-0.2, -0.15) is 4.80 Å². The first-order chi connectivity index (χ1) is 9.71. The van der Waals surface area contributed by atoms with Gasteiger partial charge in [0.1, 0.15) is 0 Å². The number of ether oxygens (including phenoxy) is 1. The smallest absolute Gasteiger partial charge is 0.212 e. The molecule has 7 nitrogen and oxygen atoms in total. The second-order valence-corrected chi connectivity index (χ2v) is 4.57. The summed E-state index contributed by atoms with van der Waals surface area (Å²) in [7, 11) is 3.38. The topological polar surface area (TPSA) is 77.8 Å². The maximum absolute atomic E-state index is 5.06. The van der Waals surface area contributed by atoms with Gasteiger partial charge < -0.3 is 10.1 Å². The Morgan fingerprint density at radius 1 is 1.35 bits per heavy atom. The Bertz CT molecular complexity index is 524. The van der Waals surface area contributed by atoms with Gasteiger partial charge in [0.15, 0.2) is 5.82 Å². The minimum atomic E-state index is 0.263. The lowest BCUT2D eigenvalue weighted by molar-refractivity contribution is 0.397. The van der Waals surface area contributed by atoms with Crippen LogP contribution in [0.15, 0.2) is 18.3 Å². The molecule has 1 N–H and O–H groups in total. The molecule has 2 aromatic heterocycles. The van der Waals surface area contributed by atoms with E-state index in [9.17, 15) is 0 Å². The maximum atomic E-state index is 5.06. The van der Waals surface area contributed by atoms with Gasteiger partial charge in [-0.05, 0) is 23.7 Å². The van der Waals surface area contributed by atoms with Crippen molar-refractivity contribution in [3.05, 3.63) is 29.7 Å². The lowest BCUT2D eigenvalue weighted by atomic mass is 10.0. The molecule has 7 heteroatoms. The van der Waals surface area contributed by atoms with E-state index in [-0.39, 0.29) is 6.04 Å². The number of likely N-dealkylation sites (N-methyl/N-ethyl adjacent to an activating group) is 1. The van der Waals surface area contributed by atoms with Crippen molar-refractivity contribution in [1.82, 2.24) is 30.5 Å². The van der Waals surface area contributed by atoms with E-state index in [1.807, 2.05) is 18.3 Å². The van der Waals surface area contributed by atoms with Crippen molar-refractivity contribution < 1.29 is 4.74 Å². The van der Waals surface area contributed by atoms with Crippen LogP contribution in [0.3, 0.4) is 0 Å². The molecule has 2 aromatic rings. The molecular formula is C13H20N6O. The summed E-state index contributed by atoms with van der Waals surface area (Å²) in [4.78, 5) is 5.70. The van der Waals surface area contributed by atoms with Crippen LogP contribution in [0.1, 0.15) is 18.3 Å². The predicted molar refractivity (Wildman–Crippen MR) is 74.5 cm³/mol. The van der Waals surface area contributed by atoms with Gasteiger partial charge in [0, 0.05) is 24.7 Å². The number of tetrazole rings is 1. The van der Waals surface area contributed by atoms with E-state index in [0.29, 0.717) is 5.88 Å². The van der Waals surface area contributed by atoms with Crippen LogP contribution in [0, 0.1) is 0 Å². The molecule has 0 saturated carbocycles. The van der Waals surface area contributed by atoms with E-state index >= 15 is 0 Å². The van der Waals surface area contributed by atoms with Crippen molar-refractivity contribution in [2.45, 2.75) is 25.8 Å². The van der Waals surface area contributed by atoms with Gasteiger partial charge in [0.25, 0.3) is 0 Å². The normalized spacial score (nSPS) is 12.3. The second-order valence-electron chi connectivity index (χ2n) is 4.57. The summed E-state index contributed by atoms with van der Waals surface area (Å²) >= 11 is 0. The van der Waals surface area contributed by atoms with Gasteiger partial charge >= 0.3 is 0 Å². The fourth-order valence-electron chi connectivity index (χ4n) is 2.07. The predicted octanol–water partition coefficient (Wildman–Crippen LogP) is 0.377. The fourth-order valence-corrected chi connectivity index (χ4v) is 2.07. The quantitative estimate of drug-likeness (QED) is 0.787. The van der Waals surface area contributed by atoms with Crippen LogP contribution in [-0.2, 0) is 19.9 Å². The number of methoxy groups -OCH3 is 1. The average Bonchev–Trinajstić information content (AvgIpc) is 2.85. The number of hydrogen-bond donors (Lipinski definition) is 1. The molecule has 108 valence electrons. The largest absolute Gasteiger partial charge is 0.481 e. The van der Waals surface area contributed by atoms with Crippen LogP contribution >= 0.6 is 0 Å². The zero-order valence-corrected chi connectivity index (χ0v) is 12.1. The molecule has 0 aliphatic heterocycles. The van der Waals surface area contributed by atoms with Crippen molar-refractivity contribution in [1.29, 1.82) is 0 Å². The molecule has 20 heavy (non-hydrogen) atoms. The minimum Gasteiger partial charge on any atom is -0.481 e. The first-order valence-electron chi connectivity index (χ1n) is 6.66. The number of pyridine rings is 1. The van der Waals surface area contributed by atoms with Crippen LogP contribution in [0.5, 0.6) is 5.88 Å². The van der Waals surface area contributed by atoms with E-state index in [1.54, 1.807) is 14.2 Å². The van der Waals surface area contributed by atoms with Crippen LogP contribution in [0.25, 0.3) is 0 Å². The molecule has 0 radical (unpaired) electrons. The molecule has 0 spiro atoms. The molecule has 0 amide bonds. The number of nitrogens with zero attached hydrogens (tertiary/aromatic N) is 5. The summed E-state index contributed by atoms with van der Waals surface area (Å²) < 4.78 is 5.06. The third-order valence-corrected chi connectivity index (χ3v) is 2.96. The Morgan fingerprint density at radius 3 is 2.75 bits per heavy atom. The van der Waals surface area contributed by atoms with Crippen LogP contribution in [-0.4, -0.2) is 44.9 Å². The highest BCUT2D eigenvalue weighted by molar-refractivity contribution is 5.18. The van der Waals surface area contributed by atoms with Gasteiger partial charge in [-0.3, -0.25) is 0 Å². The van der Waals surface area contributed by atoms with Gasteiger partial charge in [-0.1, -0.05) is 13.0 Å². The summed E-state index contributed by atoms with van der Waals surface area (Å²) in [6.45, 7) is 2.98. The monoisotopic (exact) mass is 276 g/mol. The molecule has 0 saturated heterocycles. The van der Waals surface area contributed by atoms with E-state index in [0.717, 1.165) is 30.8 Å². The molecule has 0 aliphatic carbocycles. The van der Waals surface area contributed by atoms with Crippen molar-refractivity contribution >= 4 is 0 Å². The lowest BCUT2D eigenvalue weighted by Crippen LogP contribution is -2.33. The van der Waals surface area contributed by atoms with Crippen molar-refractivity contribution in [3.8, 4) is 5.88 Å². The number of hydrogen-bond acceptors (Lipinski definition) is 6. The van der Waals surface area contributed by atoms with E-state index in [4.69, 9.17) is 4.74 Å². The summed E-state index contributed by atoms with van der Waals surface area (Å²) in [6, 6.07) is 4.17. The highest BCUT2D eigenvalue weighted by Crippen LogP contribution is 2.10. The molecule has 0 bridgehead atoms. The van der Waals surface area contributed by atoms with Crippen LogP contribution in [0.4, 0.5) is 0 Å². The highest BCUT2D eigenvalue weighted by atomic mass is 16.5. The van der Waals surface area contributed by atoms with Crippen molar-refractivity contribution in [3.63, 3.8) is 0 Å². The van der Waals surface area contributed by atoms with Gasteiger partial charge in [0.2, 0.25) is 5.88 Å². The third kappa shape index (κ3) is 3.99. The molecule has 2 heterocycles. The van der Waals surface area contributed by atoms with Gasteiger partial charge in [0.05, 0.1) is 14.2 Å². The molecule has 1 unspecified atom stereocenters. The summed E-state index contributed by atoms with van der Waals surface area (Å²) in [6.07, 6.45) is 3.45. The first-order valence-corrected chi connectivity index (χ1v) is 6.66. The van der Waals surface area contributed by atoms with E-state index in [2.05, 4.69) is 32.6 Å². The molecular weight excluding hydrogens is 256 g/mol. The average molecular weight is 276 g/mol. The summed E-state index contributed by atoms with van der Waals surface area (Å²) in [5.74, 6) is 1.38. The van der Waals surface area contributed by atoms with E-state index < -0.39 is 0 Å². The summed E-state index contributed by atoms with van der Waals surface area (Å²) in [5.41, 5.74) is 1.15. The minimum absolute atomic E-state index is 0.263. The van der Waals surface area contributed by atoms with E-state index in [1.165, 1.54) is 4.80 Å². The van der Waals surface area contributed by atoms with Crippen molar-refractivity contribution in [2.75, 3.05) is 13.7 Å². The molecule has 1 atom stereocenters. The maximum Gasteiger partial charge on any atom is 0.212 e. The third-order valence-electron chi connectivity index (χ3n) is 2.96. The lowest BCUT2D eigenvalue weighted by Gasteiger charge is -2.16. The van der Waals surface area contributed by atoms with Crippen LogP contribution in [0.2, 0.25) is 0 Å². The van der Waals surface area contributed by atoms with Crippen LogP contribution < -0.4 is 10.1 Å². The Hall–Kier alpha value is -2.02.